The van der Waals surface area contributed by atoms with Gasteiger partial charge in [-0.2, -0.15) is 0 Å². The first kappa shape index (κ1) is 16.3. The number of hydrogen-bond acceptors (Lipinski definition) is 1. The van der Waals surface area contributed by atoms with E-state index in [4.69, 9.17) is 0 Å². The lowest BCUT2D eigenvalue weighted by molar-refractivity contribution is 0.627. The Morgan fingerprint density at radius 1 is 1.10 bits per heavy atom. The molecule has 0 heterocycles. The fraction of sp³-hybridized carbons (Fsp3) is 0.368. The van der Waals surface area contributed by atoms with Gasteiger partial charge in [0.05, 0.1) is 6.04 Å². The lowest BCUT2D eigenvalue weighted by Crippen LogP contribution is -2.22. The standard InChI is InChI=1S/C19H24BrN/c1-4-7-15-8-6-9-16(13-15)19(21-5-2)18-11-10-17(20)12-14(18)3/h6,8-13,19,21H,4-5,7H2,1-3H3. The van der Waals surface area contributed by atoms with Crippen LogP contribution in [0.3, 0.4) is 0 Å². The van der Waals surface area contributed by atoms with Crippen LogP contribution in [0, 0.1) is 6.92 Å². The van der Waals surface area contributed by atoms with Crippen molar-refractivity contribution in [2.45, 2.75) is 39.7 Å². The van der Waals surface area contributed by atoms with Crippen LogP contribution in [0.15, 0.2) is 46.9 Å². The van der Waals surface area contributed by atoms with Crippen molar-refractivity contribution in [3.8, 4) is 0 Å². The van der Waals surface area contributed by atoms with E-state index in [1.54, 1.807) is 0 Å². The van der Waals surface area contributed by atoms with E-state index in [9.17, 15) is 0 Å². The van der Waals surface area contributed by atoms with Crippen molar-refractivity contribution in [2.75, 3.05) is 6.54 Å². The monoisotopic (exact) mass is 345 g/mol. The molecule has 0 saturated heterocycles. The average Bonchev–Trinajstić information content (AvgIpc) is 2.46. The first-order chi connectivity index (χ1) is 10.2. The Labute approximate surface area is 136 Å². The lowest BCUT2D eigenvalue weighted by Gasteiger charge is -2.22. The molecule has 0 aliphatic rings. The van der Waals surface area contributed by atoms with Gasteiger partial charge in [-0.25, -0.2) is 0 Å². The van der Waals surface area contributed by atoms with E-state index in [2.05, 4.69) is 84.5 Å². The summed E-state index contributed by atoms with van der Waals surface area (Å²) in [6, 6.07) is 15.8. The normalized spacial score (nSPS) is 12.4. The van der Waals surface area contributed by atoms with Gasteiger partial charge in [0.15, 0.2) is 0 Å². The molecule has 0 saturated carbocycles. The third kappa shape index (κ3) is 4.18. The summed E-state index contributed by atoms with van der Waals surface area (Å²) in [5.74, 6) is 0. The number of benzene rings is 2. The minimum absolute atomic E-state index is 0.264. The Bertz CT molecular complexity index is 592. The maximum absolute atomic E-state index is 3.63. The second-order valence-corrected chi connectivity index (χ2v) is 6.40. The molecule has 0 radical (unpaired) electrons. The summed E-state index contributed by atoms with van der Waals surface area (Å²) < 4.78 is 1.14. The van der Waals surface area contributed by atoms with Gasteiger partial charge >= 0.3 is 0 Å². The lowest BCUT2D eigenvalue weighted by atomic mass is 9.93. The molecule has 1 nitrogen and oxygen atoms in total. The van der Waals surface area contributed by atoms with Gasteiger partial charge < -0.3 is 5.32 Å². The predicted molar refractivity (Wildman–Crippen MR) is 94.8 cm³/mol. The maximum Gasteiger partial charge on any atom is 0.0579 e. The smallest absolute Gasteiger partial charge is 0.0579 e. The zero-order valence-corrected chi connectivity index (χ0v) is 14.7. The Hall–Kier alpha value is -1.12. The van der Waals surface area contributed by atoms with Gasteiger partial charge in [-0.3, -0.25) is 0 Å². The largest absolute Gasteiger partial charge is 0.307 e. The maximum atomic E-state index is 3.63. The number of halogens is 1. The van der Waals surface area contributed by atoms with Gasteiger partial charge in [-0.1, -0.05) is 66.5 Å². The van der Waals surface area contributed by atoms with Crippen LogP contribution < -0.4 is 5.32 Å². The van der Waals surface area contributed by atoms with E-state index in [1.807, 2.05) is 0 Å². The Balaban J connectivity index is 2.40. The quantitative estimate of drug-likeness (QED) is 0.737. The molecule has 0 amide bonds. The van der Waals surface area contributed by atoms with E-state index in [-0.39, 0.29) is 6.04 Å². The number of hydrogen-bond donors (Lipinski definition) is 1. The number of aryl methyl sites for hydroxylation is 2. The second-order valence-electron chi connectivity index (χ2n) is 5.49. The highest BCUT2D eigenvalue weighted by Crippen LogP contribution is 2.27. The summed E-state index contributed by atoms with van der Waals surface area (Å²) in [5.41, 5.74) is 5.45. The Kier molecular flexibility index (Phi) is 6.01. The zero-order valence-electron chi connectivity index (χ0n) is 13.1. The van der Waals surface area contributed by atoms with Crippen LogP contribution >= 0.6 is 15.9 Å². The topological polar surface area (TPSA) is 12.0 Å². The molecule has 0 aliphatic heterocycles. The van der Waals surface area contributed by atoms with Crippen LogP contribution in [0.5, 0.6) is 0 Å². The number of rotatable bonds is 6. The molecule has 0 fully saturated rings. The van der Waals surface area contributed by atoms with E-state index in [0.29, 0.717) is 0 Å². The molecule has 0 bridgehead atoms. The molecular weight excluding hydrogens is 322 g/mol. The summed E-state index contributed by atoms with van der Waals surface area (Å²) >= 11 is 3.55. The third-order valence-corrected chi connectivity index (χ3v) is 4.27. The van der Waals surface area contributed by atoms with Gasteiger partial charge in [0.2, 0.25) is 0 Å². The first-order valence-electron chi connectivity index (χ1n) is 7.74. The second kappa shape index (κ2) is 7.77. The van der Waals surface area contributed by atoms with Gasteiger partial charge in [0.1, 0.15) is 0 Å². The fourth-order valence-corrected chi connectivity index (χ4v) is 3.27. The summed E-state index contributed by atoms with van der Waals surface area (Å²) in [6.45, 7) is 7.53. The molecule has 0 aliphatic carbocycles. The molecule has 2 aromatic rings. The van der Waals surface area contributed by atoms with E-state index in [1.165, 1.54) is 28.7 Å². The molecular formula is C19H24BrN. The van der Waals surface area contributed by atoms with Crippen molar-refractivity contribution in [3.63, 3.8) is 0 Å². The van der Waals surface area contributed by atoms with Crippen LogP contribution in [-0.4, -0.2) is 6.54 Å². The van der Waals surface area contributed by atoms with Crippen molar-refractivity contribution in [2.24, 2.45) is 0 Å². The minimum atomic E-state index is 0.264. The molecule has 1 unspecified atom stereocenters. The van der Waals surface area contributed by atoms with Crippen LogP contribution in [0.4, 0.5) is 0 Å². The summed E-state index contributed by atoms with van der Waals surface area (Å²) in [4.78, 5) is 0. The Morgan fingerprint density at radius 3 is 2.57 bits per heavy atom. The highest BCUT2D eigenvalue weighted by Gasteiger charge is 2.15. The number of nitrogens with one attached hydrogen (secondary N) is 1. The first-order valence-corrected chi connectivity index (χ1v) is 8.53. The summed E-state index contributed by atoms with van der Waals surface area (Å²) in [5, 5.41) is 3.63. The van der Waals surface area contributed by atoms with Crippen LogP contribution in [-0.2, 0) is 6.42 Å². The van der Waals surface area contributed by atoms with Crippen LogP contribution in [0.25, 0.3) is 0 Å². The van der Waals surface area contributed by atoms with Crippen molar-refractivity contribution in [1.29, 1.82) is 0 Å². The van der Waals surface area contributed by atoms with E-state index in [0.717, 1.165) is 17.4 Å². The van der Waals surface area contributed by atoms with Crippen LogP contribution in [0.1, 0.15) is 48.6 Å². The zero-order chi connectivity index (χ0) is 15.2. The molecule has 1 atom stereocenters. The molecule has 2 rings (SSSR count). The molecule has 0 aromatic heterocycles. The van der Waals surface area contributed by atoms with E-state index >= 15 is 0 Å². The molecule has 2 aromatic carbocycles. The highest BCUT2D eigenvalue weighted by molar-refractivity contribution is 9.10. The molecule has 1 N–H and O–H groups in total. The summed E-state index contributed by atoms with van der Waals surface area (Å²) in [6.07, 6.45) is 2.33. The Morgan fingerprint density at radius 2 is 1.90 bits per heavy atom. The SMILES string of the molecule is CCCc1cccc(C(NCC)c2ccc(Br)cc2C)c1. The predicted octanol–water partition coefficient (Wildman–Crippen LogP) is 5.41. The van der Waals surface area contributed by atoms with Gasteiger partial charge in [-0.15, -0.1) is 0 Å². The fourth-order valence-electron chi connectivity index (χ4n) is 2.79. The third-order valence-electron chi connectivity index (χ3n) is 3.77. The summed E-state index contributed by atoms with van der Waals surface area (Å²) in [7, 11) is 0. The minimum Gasteiger partial charge on any atom is -0.307 e. The van der Waals surface area contributed by atoms with Gasteiger partial charge in [0, 0.05) is 4.47 Å². The van der Waals surface area contributed by atoms with Gasteiger partial charge in [-0.05, 0) is 54.3 Å². The van der Waals surface area contributed by atoms with Crippen molar-refractivity contribution >= 4 is 15.9 Å². The molecule has 0 spiro atoms. The van der Waals surface area contributed by atoms with Crippen molar-refractivity contribution in [3.05, 3.63) is 69.2 Å². The van der Waals surface area contributed by atoms with Crippen molar-refractivity contribution < 1.29 is 0 Å². The van der Waals surface area contributed by atoms with E-state index < -0.39 is 0 Å². The van der Waals surface area contributed by atoms with Crippen molar-refractivity contribution in [1.82, 2.24) is 5.32 Å². The average molecular weight is 346 g/mol. The molecule has 112 valence electrons. The molecule has 2 heteroatoms. The van der Waals surface area contributed by atoms with Crippen LogP contribution in [0.2, 0.25) is 0 Å². The highest BCUT2D eigenvalue weighted by atomic mass is 79.9. The van der Waals surface area contributed by atoms with Gasteiger partial charge in [0.25, 0.3) is 0 Å². The molecule has 21 heavy (non-hydrogen) atoms.